The Labute approximate surface area is 157 Å². The third-order valence-corrected chi connectivity index (χ3v) is 4.72. The van der Waals surface area contributed by atoms with Gasteiger partial charge in [-0.3, -0.25) is 9.78 Å². The van der Waals surface area contributed by atoms with Gasteiger partial charge in [0.25, 0.3) is 5.91 Å². The fourth-order valence-corrected chi connectivity index (χ4v) is 3.27. The molecule has 0 atom stereocenters. The Hall–Kier alpha value is -3.47. The molecule has 0 unspecified atom stereocenters. The second-order valence-electron chi connectivity index (χ2n) is 6.68. The van der Waals surface area contributed by atoms with Crippen molar-refractivity contribution in [3.63, 3.8) is 0 Å². The van der Waals surface area contributed by atoms with Crippen LogP contribution in [0.25, 0.3) is 16.6 Å². The van der Waals surface area contributed by atoms with Crippen LogP contribution in [0.5, 0.6) is 0 Å². The Kier molecular flexibility index (Phi) is 4.20. The van der Waals surface area contributed by atoms with Crippen molar-refractivity contribution in [2.45, 2.75) is 20.8 Å². The van der Waals surface area contributed by atoms with E-state index in [2.05, 4.69) is 15.4 Å². The molecular formula is C22H20N4O. The van der Waals surface area contributed by atoms with Gasteiger partial charge >= 0.3 is 0 Å². The first-order valence-electron chi connectivity index (χ1n) is 8.82. The molecule has 2 aromatic heterocycles. The summed E-state index contributed by atoms with van der Waals surface area (Å²) in [5.41, 5.74) is 6.15. The largest absolute Gasteiger partial charge is 0.321 e. The van der Waals surface area contributed by atoms with Gasteiger partial charge in [0.15, 0.2) is 0 Å². The Bertz CT molecular complexity index is 1160. The minimum absolute atomic E-state index is 0.180. The van der Waals surface area contributed by atoms with E-state index < -0.39 is 0 Å². The van der Waals surface area contributed by atoms with E-state index in [0.29, 0.717) is 5.56 Å². The molecule has 1 amide bonds. The molecule has 2 aromatic carbocycles. The fraction of sp³-hybridized carbons (Fsp3) is 0.136. The maximum Gasteiger partial charge on any atom is 0.259 e. The van der Waals surface area contributed by atoms with Crippen LogP contribution >= 0.6 is 0 Å². The lowest BCUT2D eigenvalue weighted by Crippen LogP contribution is -2.13. The maximum absolute atomic E-state index is 12.9. The van der Waals surface area contributed by atoms with Crippen LogP contribution in [0.2, 0.25) is 0 Å². The summed E-state index contributed by atoms with van der Waals surface area (Å²) >= 11 is 0. The molecule has 5 heteroatoms. The highest BCUT2D eigenvalue weighted by atomic mass is 16.1. The quantitative estimate of drug-likeness (QED) is 0.584. The fourth-order valence-electron chi connectivity index (χ4n) is 3.27. The highest BCUT2D eigenvalue weighted by Crippen LogP contribution is 2.25. The summed E-state index contributed by atoms with van der Waals surface area (Å²) in [6, 6.07) is 15.8. The van der Waals surface area contributed by atoms with Crippen molar-refractivity contribution in [1.29, 1.82) is 0 Å². The number of aromatic nitrogens is 3. The van der Waals surface area contributed by atoms with Crippen LogP contribution in [0, 0.1) is 20.8 Å². The number of nitrogens with one attached hydrogen (secondary N) is 1. The van der Waals surface area contributed by atoms with Crippen molar-refractivity contribution < 1.29 is 4.79 Å². The maximum atomic E-state index is 12.9. The van der Waals surface area contributed by atoms with E-state index in [0.717, 1.165) is 39.1 Å². The molecule has 27 heavy (non-hydrogen) atoms. The highest BCUT2D eigenvalue weighted by Gasteiger charge is 2.16. The molecule has 5 nitrogen and oxygen atoms in total. The zero-order valence-corrected chi connectivity index (χ0v) is 15.5. The molecular weight excluding hydrogens is 336 g/mol. The van der Waals surface area contributed by atoms with Gasteiger partial charge in [0.2, 0.25) is 0 Å². The summed E-state index contributed by atoms with van der Waals surface area (Å²) in [5, 5.41) is 8.35. The second kappa shape index (κ2) is 6.68. The van der Waals surface area contributed by atoms with Crippen molar-refractivity contribution in [1.82, 2.24) is 14.8 Å². The van der Waals surface area contributed by atoms with Gasteiger partial charge in [0.05, 0.1) is 34.3 Å². The number of amides is 1. The normalized spacial score (nSPS) is 10.9. The van der Waals surface area contributed by atoms with Crippen LogP contribution in [0.15, 0.2) is 60.9 Å². The summed E-state index contributed by atoms with van der Waals surface area (Å²) in [6.45, 7) is 5.95. The first kappa shape index (κ1) is 17.0. The van der Waals surface area contributed by atoms with E-state index in [-0.39, 0.29) is 5.91 Å². The number of carbonyl (C=O) groups excluding carboxylic acids is 1. The van der Waals surface area contributed by atoms with Crippen LogP contribution in [0.4, 0.5) is 5.69 Å². The summed E-state index contributed by atoms with van der Waals surface area (Å²) in [4.78, 5) is 17.3. The van der Waals surface area contributed by atoms with Crippen LogP contribution in [0.3, 0.4) is 0 Å². The van der Waals surface area contributed by atoms with Gasteiger partial charge in [-0.25, -0.2) is 4.68 Å². The molecule has 0 aliphatic heterocycles. The average molecular weight is 356 g/mol. The van der Waals surface area contributed by atoms with E-state index in [1.54, 1.807) is 17.1 Å². The number of anilines is 1. The monoisotopic (exact) mass is 356 g/mol. The van der Waals surface area contributed by atoms with E-state index in [4.69, 9.17) is 0 Å². The highest BCUT2D eigenvalue weighted by molar-refractivity contribution is 6.09. The van der Waals surface area contributed by atoms with Crippen molar-refractivity contribution >= 4 is 22.5 Å². The van der Waals surface area contributed by atoms with Crippen LogP contribution in [-0.4, -0.2) is 20.7 Å². The lowest BCUT2D eigenvalue weighted by molar-refractivity contribution is 0.102. The number of benzene rings is 2. The molecule has 0 fully saturated rings. The molecule has 2 heterocycles. The first-order chi connectivity index (χ1) is 13.0. The van der Waals surface area contributed by atoms with Crippen molar-refractivity contribution in [3.8, 4) is 5.69 Å². The third kappa shape index (κ3) is 3.08. The molecule has 0 spiro atoms. The van der Waals surface area contributed by atoms with Crippen molar-refractivity contribution in [2.24, 2.45) is 0 Å². The molecule has 4 aromatic rings. The number of nitrogens with zero attached hydrogens (tertiary/aromatic N) is 3. The van der Waals surface area contributed by atoms with Gasteiger partial charge in [-0.2, -0.15) is 5.10 Å². The number of carbonyl (C=O) groups is 1. The van der Waals surface area contributed by atoms with Gasteiger partial charge in [-0.05, 0) is 62.2 Å². The van der Waals surface area contributed by atoms with E-state index in [1.807, 2.05) is 69.3 Å². The minimum atomic E-state index is -0.180. The Balaban J connectivity index is 1.68. The number of rotatable bonds is 3. The summed E-state index contributed by atoms with van der Waals surface area (Å²) in [5.74, 6) is -0.180. The molecule has 134 valence electrons. The predicted molar refractivity (Wildman–Crippen MR) is 107 cm³/mol. The second-order valence-corrected chi connectivity index (χ2v) is 6.68. The molecule has 0 radical (unpaired) electrons. The SMILES string of the molecule is Cc1cccc(-n2ncc(C(=O)Nc3ccc(C)c4ncccc34)c2C)c1. The minimum Gasteiger partial charge on any atom is -0.321 e. The predicted octanol–water partition coefficient (Wildman–Crippen LogP) is 4.60. The van der Waals surface area contributed by atoms with Gasteiger partial charge in [0, 0.05) is 11.6 Å². The van der Waals surface area contributed by atoms with E-state index in [1.165, 1.54) is 0 Å². The third-order valence-electron chi connectivity index (χ3n) is 4.72. The molecule has 0 saturated carbocycles. The summed E-state index contributed by atoms with van der Waals surface area (Å²) in [7, 11) is 0. The van der Waals surface area contributed by atoms with Crippen LogP contribution < -0.4 is 5.32 Å². The molecule has 0 aliphatic rings. The van der Waals surface area contributed by atoms with E-state index >= 15 is 0 Å². The number of hydrogen-bond donors (Lipinski definition) is 1. The van der Waals surface area contributed by atoms with E-state index in [9.17, 15) is 4.79 Å². The van der Waals surface area contributed by atoms with Gasteiger partial charge in [-0.1, -0.05) is 18.2 Å². The standard InChI is InChI=1S/C22H20N4O/c1-14-6-4-7-17(12-14)26-16(3)19(13-24-26)22(27)25-20-10-9-15(2)21-18(20)8-5-11-23-21/h4-13H,1-3H3,(H,25,27). The number of hydrogen-bond acceptors (Lipinski definition) is 3. The topological polar surface area (TPSA) is 59.8 Å². The molecule has 0 bridgehead atoms. The summed E-state index contributed by atoms with van der Waals surface area (Å²) in [6.07, 6.45) is 3.37. The number of fused-ring (bicyclic) bond motifs is 1. The zero-order chi connectivity index (χ0) is 19.0. The van der Waals surface area contributed by atoms with Crippen LogP contribution in [0.1, 0.15) is 27.2 Å². The molecule has 1 N–H and O–H groups in total. The van der Waals surface area contributed by atoms with Gasteiger partial charge < -0.3 is 5.32 Å². The average Bonchev–Trinajstić information content (AvgIpc) is 3.06. The molecule has 0 saturated heterocycles. The summed E-state index contributed by atoms with van der Waals surface area (Å²) < 4.78 is 1.79. The van der Waals surface area contributed by atoms with Crippen LogP contribution in [-0.2, 0) is 0 Å². The molecule has 0 aliphatic carbocycles. The number of aryl methyl sites for hydroxylation is 2. The van der Waals surface area contributed by atoms with Gasteiger partial charge in [-0.15, -0.1) is 0 Å². The Morgan fingerprint density at radius 2 is 1.89 bits per heavy atom. The first-order valence-corrected chi connectivity index (χ1v) is 8.82. The zero-order valence-electron chi connectivity index (χ0n) is 15.5. The Morgan fingerprint density at radius 1 is 1.04 bits per heavy atom. The van der Waals surface area contributed by atoms with Crippen molar-refractivity contribution in [3.05, 3.63) is 83.3 Å². The smallest absolute Gasteiger partial charge is 0.259 e. The van der Waals surface area contributed by atoms with Gasteiger partial charge in [0.1, 0.15) is 0 Å². The Morgan fingerprint density at radius 3 is 2.70 bits per heavy atom. The van der Waals surface area contributed by atoms with Crippen molar-refractivity contribution in [2.75, 3.05) is 5.32 Å². The molecule has 4 rings (SSSR count). The lowest BCUT2D eigenvalue weighted by Gasteiger charge is -2.10. The number of pyridine rings is 1. The lowest BCUT2D eigenvalue weighted by atomic mass is 10.1.